The van der Waals surface area contributed by atoms with Crippen LogP contribution in [0.1, 0.15) is 24.5 Å². The molecule has 0 saturated carbocycles. The number of piperidine rings is 1. The molecule has 1 saturated heterocycles. The van der Waals surface area contributed by atoms with E-state index in [1.165, 1.54) is 0 Å². The molecule has 3 rings (SSSR count). The molecule has 3 heterocycles. The van der Waals surface area contributed by atoms with Crippen molar-refractivity contribution in [3.8, 4) is 11.6 Å². The number of nitrogens with zero attached hydrogens (tertiary/aromatic N) is 2. The quantitative estimate of drug-likeness (QED) is 0.872. The van der Waals surface area contributed by atoms with E-state index in [1.807, 2.05) is 6.92 Å². The van der Waals surface area contributed by atoms with E-state index in [9.17, 15) is 9.90 Å². The fourth-order valence-electron chi connectivity index (χ4n) is 2.45. The topological polar surface area (TPSA) is 101 Å². The molecule has 0 bridgehead atoms. The maximum atomic E-state index is 11.6. The van der Waals surface area contributed by atoms with Crippen molar-refractivity contribution < 1.29 is 18.8 Å². The van der Waals surface area contributed by atoms with Crippen LogP contribution < -0.4 is 5.32 Å². The normalized spacial score (nSPS) is 18.1. The van der Waals surface area contributed by atoms with Gasteiger partial charge in [-0.15, -0.1) is 0 Å². The van der Waals surface area contributed by atoms with Gasteiger partial charge >= 0.3 is 5.97 Å². The van der Waals surface area contributed by atoms with Gasteiger partial charge in [0.15, 0.2) is 5.76 Å². The van der Waals surface area contributed by atoms with Crippen LogP contribution in [0.25, 0.3) is 11.6 Å². The molecule has 1 aliphatic rings. The van der Waals surface area contributed by atoms with E-state index in [1.54, 1.807) is 12.1 Å². The molecule has 1 fully saturated rings. The third-order valence-electron chi connectivity index (χ3n) is 3.66. The third kappa shape index (κ3) is 2.00. The maximum absolute atomic E-state index is 11.6. The zero-order chi connectivity index (χ0) is 14.2. The lowest BCUT2D eigenvalue weighted by atomic mass is 9.79. The number of hydrogen-bond donors (Lipinski definition) is 2. The number of hydrogen-bond acceptors (Lipinski definition) is 6. The molecule has 0 spiro atoms. The summed E-state index contributed by atoms with van der Waals surface area (Å²) in [5, 5.41) is 16.5. The van der Waals surface area contributed by atoms with Crippen LogP contribution in [-0.2, 0) is 10.2 Å². The SMILES string of the molecule is Cc1ccc(-c2noc(C3(C(=O)O)CCNCC3)n2)o1. The van der Waals surface area contributed by atoms with Gasteiger partial charge in [0.1, 0.15) is 11.2 Å². The molecule has 106 valence electrons. The highest BCUT2D eigenvalue weighted by Gasteiger charge is 2.46. The van der Waals surface area contributed by atoms with Gasteiger partial charge in [0.2, 0.25) is 11.7 Å². The monoisotopic (exact) mass is 277 g/mol. The Labute approximate surface area is 115 Å². The summed E-state index contributed by atoms with van der Waals surface area (Å²) in [7, 11) is 0. The lowest BCUT2D eigenvalue weighted by molar-refractivity contribution is -0.146. The standard InChI is InChI=1S/C13H15N3O4/c1-8-2-3-9(19-8)10-15-11(20-16-10)13(12(17)18)4-6-14-7-5-13/h2-3,14H,4-7H2,1H3,(H,17,18). The number of rotatable bonds is 3. The van der Waals surface area contributed by atoms with Crippen molar-refractivity contribution in [2.24, 2.45) is 0 Å². The van der Waals surface area contributed by atoms with Crippen molar-refractivity contribution in [3.05, 3.63) is 23.8 Å². The minimum atomic E-state index is -1.10. The summed E-state index contributed by atoms with van der Waals surface area (Å²) in [5.41, 5.74) is -1.10. The summed E-state index contributed by atoms with van der Waals surface area (Å²) in [6.07, 6.45) is 0.863. The van der Waals surface area contributed by atoms with Crippen LogP contribution in [0.4, 0.5) is 0 Å². The van der Waals surface area contributed by atoms with Gasteiger partial charge in [-0.05, 0) is 45.0 Å². The first-order chi connectivity index (χ1) is 9.62. The van der Waals surface area contributed by atoms with Crippen molar-refractivity contribution in [3.63, 3.8) is 0 Å². The molecule has 2 aromatic rings. The highest BCUT2D eigenvalue weighted by Crippen LogP contribution is 2.34. The van der Waals surface area contributed by atoms with Crippen molar-refractivity contribution in [1.82, 2.24) is 15.5 Å². The first kappa shape index (κ1) is 12.9. The molecule has 0 amide bonds. The second-order valence-corrected chi connectivity index (χ2v) is 4.97. The number of nitrogens with one attached hydrogen (secondary N) is 1. The Morgan fingerprint density at radius 3 is 2.75 bits per heavy atom. The van der Waals surface area contributed by atoms with Gasteiger partial charge in [-0.1, -0.05) is 5.16 Å². The Bertz CT molecular complexity index is 625. The molecule has 20 heavy (non-hydrogen) atoms. The molecule has 0 aromatic carbocycles. The Balaban J connectivity index is 1.97. The first-order valence-electron chi connectivity index (χ1n) is 6.47. The number of carbonyl (C=O) groups is 1. The number of carboxylic acid groups (broad SMARTS) is 1. The number of carboxylic acids is 1. The molecular formula is C13H15N3O4. The van der Waals surface area contributed by atoms with Crippen molar-refractivity contribution >= 4 is 5.97 Å². The Morgan fingerprint density at radius 2 is 2.15 bits per heavy atom. The van der Waals surface area contributed by atoms with Crippen LogP contribution in [0.15, 0.2) is 21.1 Å². The summed E-state index contributed by atoms with van der Waals surface area (Å²) < 4.78 is 10.6. The van der Waals surface area contributed by atoms with Crippen LogP contribution in [-0.4, -0.2) is 34.3 Å². The molecule has 0 atom stereocenters. The van der Waals surface area contributed by atoms with Crippen LogP contribution in [0.2, 0.25) is 0 Å². The van der Waals surface area contributed by atoms with Gasteiger partial charge in [0.05, 0.1) is 0 Å². The number of aryl methyl sites for hydroxylation is 1. The van der Waals surface area contributed by atoms with Crippen molar-refractivity contribution in [1.29, 1.82) is 0 Å². The van der Waals surface area contributed by atoms with E-state index >= 15 is 0 Å². The smallest absolute Gasteiger partial charge is 0.319 e. The van der Waals surface area contributed by atoms with Crippen LogP contribution in [0.3, 0.4) is 0 Å². The molecule has 0 unspecified atom stereocenters. The summed E-state index contributed by atoms with van der Waals surface area (Å²) in [6.45, 7) is 3.05. The molecule has 1 aliphatic heterocycles. The first-order valence-corrected chi connectivity index (χ1v) is 6.47. The fourth-order valence-corrected chi connectivity index (χ4v) is 2.45. The van der Waals surface area contributed by atoms with Gasteiger partial charge in [-0.3, -0.25) is 4.79 Å². The number of aromatic nitrogens is 2. The van der Waals surface area contributed by atoms with E-state index in [4.69, 9.17) is 8.94 Å². The summed E-state index contributed by atoms with van der Waals surface area (Å²) in [6, 6.07) is 3.53. The van der Waals surface area contributed by atoms with Gasteiger partial charge in [0.25, 0.3) is 0 Å². The number of furan rings is 1. The average Bonchev–Trinajstić information content (AvgIpc) is 3.08. The Kier molecular flexibility index (Phi) is 3.06. The molecule has 0 aliphatic carbocycles. The summed E-state index contributed by atoms with van der Waals surface area (Å²) in [4.78, 5) is 15.9. The zero-order valence-corrected chi connectivity index (χ0v) is 11.0. The fraction of sp³-hybridized carbons (Fsp3) is 0.462. The molecule has 7 heteroatoms. The zero-order valence-electron chi connectivity index (χ0n) is 11.0. The average molecular weight is 277 g/mol. The lowest BCUT2D eigenvalue weighted by Crippen LogP contribution is -2.45. The van der Waals surface area contributed by atoms with Crippen LogP contribution in [0, 0.1) is 6.92 Å². The Morgan fingerprint density at radius 1 is 1.40 bits per heavy atom. The molecule has 2 aromatic heterocycles. The van der Waals surface area contributed by atoms with E-state index in [-0.39, 0.29) is 11.7 Å². The molecule has 2 N–H and O–H groups in total. The highest BCUT2D eigenvalue weighted by molar-refractivity contribution is 5.80. The second-order valence-electron chi connectivity index (χ2n) is 4.97. The highest BCUT2D eigenvalue weighted by atomic mass is 16.5. The molecule has 0 radical (unpaired) electrons. The van der Waals surface area contributed by atoms with Crippen molar-refractivity contribution in [2.45, 2.75) is 25.2 Å². The van der Waals surface area contributed by atoms with Crippen LogP contribution in [0.5, 0.6) is 0 Å². The van der Waals surface area contributed by atoms with Gasteiger partial charge < -0.3 is 19.4 Å². The molecular weight excluding hydrogens is 262 g/mol. The molecule has 7 nitrogen and oxygen atoms in total. The second kappa shape index (κ2) is 4.75. The minimum Gasteiger partial charge on any atom is -0.480 e. The van der Waals surface area contributed by atoms with Crippen LogP contribution >= 0.6 is 0 Å². The van der Waals surface area contributed by atoms with Crippen molar-refractivity contribution in [2.75, 3.05) is 13.1 Å². The van der Waals surface area contributed by atoms with E-state index < -0.39 is 11.4 Å². The van der Waals surface area contributed by atoms with E-state index in [2.05, 4.69) is 15.5 Å². The predicted molar refractivity (Wildman–Crippen MR) is 68.2 cm³/mol. The number of aliphatic carboxylic acids is 1. The summed E-state index contributed by atoms with van der Waals surface area (Å²) in [5.74, 6) is 0.723. The van der Waals surface area contributed by atoms with Gasteiger partial charge in [-0.2, -0.15) is 4.98 Å². The van der Waals surface area contributed by atoms with Gasteiger partial charge in [-0.25, -0.2) is 0 Å². The largest absolute Gasteiger partial charge is 0.480 e. The maximum Gasteiger partial charge on any atom is 0.319 e. The predicted octanol–water partition coefficient (Wildman–Crippen LogP) is 1.34. The van der Waals surface area contributed by atoms with E-state index in [0.717, 1.165) is 5.76 Å². The summed E-state index contributed by atoms with van der Waals surface area (Å²) >= 11 is 0. The van der Waals surface area contributed by atoms with E-state index in [0.29, 0.717) is 31.7 Å². The lowest BCUT2D eigenvalue weighted by Gasteiger charge is -2.29. The third-order valence-corrected chi connectivity index (χ3v) is 3.66. The minimum absolute atomic E-state index is 0.149. The van der Waals surface area contributed by atoms with Gasteiger partial charge in [0, 0.05) is 0 Å². The Hall–Kier alpha value is -2.15.